The number of cyclic esters (lactones) is 1. The lowest BCUT2D eigenvalue weighted by atomic mass is 10.1. The van der Waals surface area contributed by atoms with E-state index in [1.54, 1.807) is 24.3 Å². The van der Waals surface area contributed by atoms with Crippen LogP contribution in [0.1, 0.15) is 46.1 Å². The van der Waals surface area contributed by atoms with Crippen LogP contribution in [0.3, 0.4) is 0 Å². The molecule has 0 bridgehead atoms. The minimum Gasteiger partial charge on any atom is -0.433 e. The lowest BCUT2D eigenvalue weighted by Crippen LogP contribution is -2.44. The summed E-state index contributed by atoms with van der Waals surface area (Å²) in [6.07, 6.45) is -0.203. The van der Waals surface area contributed by atoms with Crippen molar-refractivity contribution in [2.24, 2.45) is 0 Å². The van der Waals surface area contributed by atoms with E-state index < -0.39 is 18.2 Å². The molecule has 2 amide bonds. The van der Waals surface area contributed by atoms with Gasteiger partial charge in [-0.25, -0.2) is 4.79 Å². The minimum absolute atomic E-state index is 0.190. The average Bonchev–Trinajstić information content (AvgIpc) is 3.18. The Balaban J connectivity index is 1.60. The Morgan fingerprint density at radius 3 is 2.70 bits per heavy atom. The molecule has 2 aromatic rings. The number of fused-ring (bicyclic) bond motifs is 1. The Kier molecular flexibility index (Phi) is 4.18. The van der Waals surface area contributed by atoms with Gasteiger partial charge in [0, 0.05) is 17.7 Å². The van der Waals surface area contributed by atoms with Crippen LogP contribution in [0, 0.1) is 13.8 Å². The first-order valence-corrected chi connectivity index (χ1v) is 8.95. The SMILES string of the molecule is Cc1ccc(NC(=O)[C@@H]2CCC(=O)N2C2OC(=O)c3ccccc32)c(C)c1. The number of aryl methyl sites for hydroxylation is 2. The summed E-state index contributed by atoms with van der Waals surface area (Å²) in [5.74, 6) is -0.928. The third kappa shape index (κ3) is 2.97. The van der Waals surface area contributed by atoms with Gasteiger partial charge in [-0.1, -0.05) is 35.9 Å². The molecule has 1 N–H and O–H groups in total. The van der Waals surface area contributed by atoms with Crippen molar-refractivity contribution < 1.29 is 19.1 Å². The molecule has 0 saturated carbocycles. The zero-order valence-corrected chi connectivity index (χ0v) is 15.2. The van der Waals surface area contributed by atoms with E-state index >= 15 is 0 Å². The molecule has 27 heavy (non-hydrogen) atoms. The van der Waals surface area contributed by atoms with Crippen LogP contribution < -0.4 is 5.32 Å². The number of likely N-dealkylation sites (tertiary alicyclic amines) is 1. The molecule has 0 aliphatic carbocycles. The number of nitrogens with one attached hydrogen (secondary N) is 1. The second kappa shape index (κ2) is 6.54. The van der Waals surface area contributed by atoms with Crippen molar-refractivity contribution in [1.82, 2.24) is 4.90 Å². The number of nitrogens with zero attached hydrogens (tertiary/aromatic N) is 1. The van der Waals surface area contributed by atoms with Crippen molar-refractivity contribution in [3.63, 3.8) is 0 Å². The fourth-order valence-corrected chi connectivity index (χ4v) is 3.76. The first-order chi connectivity index (χ1) is 13.0. The topological polar surface area (TPSA) is 75.7 Å². The quantitative estimate of drug-likeness (QED) is 0.849. The van der Waals surface area contributed by atoms with Gasteiger partial charge in [-0.2, -0.15) is 0 Å². The molecule has 6 heteroatoms. The molecular formula is C21H20N2O4. The van der Waals surface area contributed by atoms with E-state index in [-0.39, 0.29) is 18.2 Å². The Hall–Kier alpha value is -3.15. The first-order valence-electron chi connectivity index (χ1n) is 8.95. The van der Waals surface area contributed by atoms with Crippen LogP contribution in [-0.2, 0) is 14.3 Å². The van der Waals surface area contributed by atoms with Crippen LogP contribution in [0.5, 0.6) is 0 Å². The number of benzene rings is 2. The third-order valence-corrected chi connectivity index (χ3v) is 5.12. The normalized spacial score (nSPS) is 21.2. The van der Waals surface area contributed by atoms with Gasteiger partial charge in [0.1, 0.15) is 6.04 Å². The molecule has 2 aromatic carbocycles. The Morgan fingerprint density at radius 1 is 1.15 bits per heavy atom. The van der Waals surface area contributed by atoms with Gasteiger partial charge >= 0.3 is 5.97 Å². The van der Waals surface area contributed by atoms with Gasteiger partial charge in [-0.15, -0.1) is 0 Å². The largest absolute Gasteiger partial charge is 0.433 e. The fraction of sp³-hybridized carbons (Fsp3) is 0.286. The van der Waals surface area contributed by atoms with Crippen molar-refractivity contribution in [2.45, 2.75) is 39.0 Å². The smallest absolute Gasteiger partial charge is 0.340 e. The molecule has 1 saturated heterocycles. The van der Waals surface area contributed by atoms with Gasteiger partial charge in [-0.05, 0) is 38.0 Å². The predicted molar refractivity (Wildman–Crippen MR) is 99.0 cm³/mol. The van der Waals surface area contributed by atoms with Crippen molar-refractivity contribution in [3.05, 3.63) is 64.7 Å². The molecule has 0 spiro atoms. The highest BCUT2D eigenvalue weighted by atomic mass is 16.6. The maximum absolute atomic E-state index is 12.9. The first kappa shape index (κ1) is 17.3. The molecule has 6 nitrogen and oxygen atoms in total. The van der Waals surface area contributed by atoms with E-state index in [2.05, 4.69) is 5.32 Å². The van der Waals surface area contributed by atoms with Crippen molar-refractivity contribution in [3.8, 4) is 0 Å². The number of anilines is 1. The van der Waals surface area contributed by atoms with Crippen molar-refractivity contribution in [2.75, 3.05) is 5.32 Å². The molecule has 1 unspecified atom stereocenters. The highest BCUT2D eigenvalue weighted by Crippen LogP contribution is 2.38. The van der Waals surface area contributed by atoms with Crippen LogP contribution in [0.15, 0.2) is 42.5 Å². The Labute approximate surface area is 157 Å². The molecule has 4 rings (SSSR count). The average molecular weight is 364 g/mol. The third-order valence-electron chi connectivity index (χ3n) is 5.12. The number of hydrogen-bond donors (Lipinski definition) is 1. The summed E-state index contributed by atoms with van der Waals surface area (Å²) in [5, 5.41) is 2.92. The van der Waals surface area contributed by atoms with E-state index in [0.29, 0.717) is 23.2 Å². The van der Waals surface area contributed by atoms with Crippen LogP contribution >= 0.6 is 0 Å². The number of rotatable bonds is 3. The zero-order valence-electron chi connectivity index (χ0n) is 15.2. The molecule has 0 aromatic heterocycles. The van der Waals surface area contributed by atoms with E-state index in [0.717, 1.165) is 11.1 Å². The number of carbonyl (C=O) groups is 3. The maximum Gasteiger partial charge on any atom is 0.340 e. The fourth-order valence-electron chi connectivity index (χ4n) is 3.76. The van der Waals surface area contributed by atoms with Crippen LogP contribution in [-0.4, -0.2) is 28.7 Å². The van der Waals surface area contributed by atoms with Gasteiger partial charge < -0.3 is 10.1 Å². The van der Waals surface area contributed by atoms with Crippen LogP contribution in [0.25, 0.3) is 0 Å². The van der Waals surface area contributed by atoms with Gasteiger partial charge in [0.15, 0.2) is 0 Å². The standard InChI is InChI=1S/C21H20N2O4/c1-12-7-8-16(13(2)11-12)22-19(25)17-9-10-18(24)23(17)20-14-5-3-4-6-15(14)21(26)27-20/h3-8,11,17,20H,9-10H2,1-2H3,(H,22,25)/t17-,20?/m0/s1. The minimum atomic E-state index is -0.849. The molecule has 2 aliphatic heterocycles. The van der Waals surface area contributed by atoms with Crippen molar-refractivity contribution in [1.29, 1.82) is 0 Å². The second-order valence-electron chi connectivity index (χ2n) is 7.01. The summed E-state index contributed by atoms with van der Waals surface area (Å²) in [6.45, 7) is 3.91. The lowest BCUT2D eigenvalue weighted by Gasteiger charge is -2.29. The van der Waals surface area contributed by atoms with Gasteiger partial charge in [0.2, 0.25) is 18.0 Å². The molecule has 1 fully saturated rings. The van der Waals surface area contributed by atoms with E-state index in [1.807, 2.05) is 32.0 Å². The highest BCUT2D eigenvalue weighted by Gasteiger charge is 2.46. The Bertz CT molecular complexity index is 953. The van der Waals surface area contributed by atoms with Gasteiger partial charge in [-0.3, -0.25) is 14.5 Å². The second-order valence-corrected chi connectivity index (χ2v) is 7.01. The molecule has 2 atom stereocenters. The molecule has 2 aliphatic rings. The summed E-state index contributed by atoms with van der Waals surface area (Å²) < 4.78 is 5.44. The molecular weight excluding hydrogens is 344 g/mol. The van der Waals surface area contributed by atoms with Crippen LogP contribution in [0.4, 0.5) is 5.69 Å². The highest BCUT2D eigenvalue weighted by molar-refractivity contribution is 6.00. The number of amides is 2. The number of carbonyl (C=O) groups excluding carboxylic acids is 3. The molecule has 2 heterocycles. The van der Waals surface area contributed by atoms with Crippen molar-refractivity contribution >= 4 is 23.5 Å². The van der Waals surface area contributed by atoms with Gasteiger partial charge in [0.05, 0.1) is 5.56 Å². The summed E-state index contributed by atoms with van der Waals surface area (Å²) >= 11 is 0. The Morgan fingerprint density at radius 2 is 1.93 bits per heavy atom. The summed E-state index contributed by atoms with van der Waals surface area (Å²) in [4.78, 5) is 39.0. The predicted octanol–water partition coefficient (Wildman–Crippen LogP) is 3.10. The maximum atomic E-state index is 12.9. The number of esters is 1. The van der Waals surface area contributed by atoms with E-state index in [1.165, 1.54) is 4.90 Å². The molecule has 138 valence electrons. The lowest BCUT2D eigenvalue weighted by molar-refractivity contribution is -0.144. The van der Waals surface area contributed by atoms with E-state index in [4.69, 9.17) is 4.74 Å². The van der Waals surface area contributed by atoms with Gasteiger partial charge in [0.25, 0.3) is 0 Å². The van der Waals surface area contributed by atoms with E-state index in [9.17, 15) is 14.4 Å². The zero-order chi connectivity index (χ0) is 19.1. The monoisotopic (exact) mass is 364 g/mol. The summed E-state index contributed by atoms with van der Waals surface area (Å²) in [6, 6.07) is 12.1. The summed E-state index contributed by atoms with van der Waals surface area (Å²) in [7, 11) is 0. The number of ether oxygens (including phenoxy) is 1. The van der Waals surface area contributed by atoms with Crippen LogP contribution in [0.2, 0.25) is 0 Å². The summed E-state index contributed by atoms with van der Waals surface area (Å²) in [5.41, 5.74) is 3.85. The molecule has 0 radical (unpaired) electrons. The number of hydrogen-bond acceptors (Lipinski definition) is 4.